The van der Waals surface area contributed by atoms with Crippen molar-refractivity contribution in [2.24, 2.45) is 0 Å². The molecular formula is C20H19Cl3N4O3S. The summed E-state index contributed by atoms with van der Waals surface area (Å²) in [5, 5.41) is 13.4. The predicted octanol–water partition coefficient (Wildman–Crippen LogP) is 5.26. The number of carbonyl (C=O) groups excluding carboxylic acids is 1. The second-order valence-electron chi connectivity index (χ2n) is 6.32. The number of aromatic nitrogens is 3. The van der Waals surface area contributed by atoms with Crippen LogP contribution in [0.5, 0.6) is 0 Å². The Kier molecular flexibility index (Phi) is 8.59. The topological polar surface area (TPSA) is 78.3 Å². The number of benzene rings is 2. The summed E-state index contributed by atoms with van der Waals surface area (Å²) in [6.07, 6.45) is -0.510. The molecule has 1 aromatic heterocycles. The molecule has 1 N–H and O–H groups in total. The summed E-state index contributed by atoms with van der Waals surface area (Å²) in [5.41, 5.74) is 1.35. The van der Waals surface area contributed by atoms with Gasteiger partial charge in [-0.3, -0.25) is 9.36 Å². The SMILES string of the molecule is COC(Cn1c(SCC(=O)Nc2cc(Cl)cc(Cl)c2)nnc1-c1ccc(Cl)cc1)OC. The maximum Gasteiger partial charge on any atom is 0.234 e. The van der Waals surface area contributed by atoms with Crippen LogP contribution in [0.2, 0.25) is 15.1 Å². The van der Waals surface area contributed by atoms with E-state index in [4.69, 9.17) is 44.3 Å². The molecule has 1 heterocycles. The molecule has 11 heteroatoms. The van der Waals surface area contributed by atoms with Gasteiger partial charge >= 0.3 is 0 Å². The Balaban J connectivity index is 1.77. The Morgan fingerprint density at radius 3 is 2.29 bits per heavy atom. The number of thioether (sulfide) groups is 1. The molecule has 0 fully saturated rings. The van der Waals surface area contributed by atoms with E-state index in [-0.39, 0.29) is 11.7 Å². The molecule has 164 valence electrons. The molecule has 3 rings (SSSR count). The first-order valence-electron chi connectivity index (χ1n) is 9.03. The molecular weight excluding hydrogens is 483 g/mol. The lowest BCUT2D eigenvalue weighted by Gasteiger charge is -2.17. The maximum absolute atomic E-state index is 12.4. The van der Waals surface area contributed by atoms with Gasteiger partial charge in [-0.2, -0.15) is 0 Å². The number of anilines is 1. The van der Waals surface area contributed by atoms with E-state index in [2.05, 4.69) is 15.5 Å². The molecule has 31 heavy (non-hydrogen) atoms. The van der Waals surface area contributed by atoms with Crippen molar-refractivity contribution >= 4 is 58.2 Å². The quantitative estimate of drug-likeness (QED) is 0.318. The van der Waals surface area contributed by atoms with Crippen LogP contribution in [0.25, 0.3) is 11.4 Å². The molecule has 0 unspecified atom stereocenters. The molecule has 0 saturated heterocycles. The number of nitrogens with zero attached hydrogens (tertiary/aromatic N) is 3. The van der Waals surface area contributed by atoms with Crippen molar-refractivity contribution in [2.75, 3.05) is 25.3 Å². The molecule has 0 aliphatic carbocycles. The number of halogens is 3. The highest BCUT2D eigenvalue weighted by molar-refractivity contribution is 7.99. The lowest BCUT2D eigenvalue weighted by atomic mass is 10.2. The summed E-state index contributed by atoms with van der Waals surface area (Å²) in [6.45, 7) is 0.339. The second-order valence-corrected chi connectivity index (χ2v) is 8.57. The minimum absolute atomic E-state index is 0.105. The molecule has 3 aromatic rings. The number of hydrogen-bond acceptors (Lipinski definition) is 6. The summed E-state index contributed by atoms with van der Waals surface area (Å²) in [7, 11) is 3.10. The van der Waals surface area contributed by atoms with Crippen LogP contribution in [0.15, 0.2) is 47.6 Å². The van der Waals surface area contributed by atoms with Gasteiger partial charge in [-0.1, -0.05) is 46.6 Å². The average molecular weight is 502 g/mol. The Hall–Kier alpha value is -1.81. The van der Waals surface area contributed by atoms with Gasteiger partial charge in [-0.05, 0) is 42.5 Å². The summed E-state index contributed by atoms with van der Waals surface area (Å²) < 4.78 is 12.5. The standard InChI is InChI=1S/C20H19Cl3N4O3S/c1-29-18(30-2)10-27-19(12-3-5-13(21)6-4-12)25-26-20(27)31-11-17(28)24-16-8-14(22)7-15(23)9-16/h3-9,18H,10-11H2,1-2H3,(H,24,28). The highest BCUT2D eigenvalue weighted by Crippen LogP contribution is 2.27. The van der Waals surface area contributed by atoms with Gasteiger partial charge in [0.1, 0.15) is 0 Å². The molecule has 0 atom stereocenters. The zero-order chi connectivity index (χ0) is 22.4. The van der Waals surface area contributed by atoms with E-state index in [1.807, 2.05) is 16.7 Å². The Labute approximate surface area is 199 Å². The van der Waals surface area contributed by atoms with Crippen LogP contribution in [0.4, 0.5) is 5.69 Å². The van der Waals surface area contributed by atoms with Crippen molar-refractivity contribution in [3.05, 3.63) is 57.5 Å². The molecule has 7 nitrogen and oxygen atoms in total. The smallest absolute Gasteiger partial charge is 0.234 e. The van der Waals surface area contributed by atoms with E-state index >= 15 is 0 Å². The first kappa shape index (κ1) is 23.8. The van der Waals surface area contributed by atoms with Crippen molar-refractivity contribution in [3.63, 3.8) is 0 Å². The highest BCUT2D eigenvalue weighted by atomic mass is 35.5. The number of amides is 1. The largest absolute Gasteiger partial charge is 0.354 e. The van der Waals surface area contributed by atoms with Gasteiger partial charge in [0.05, 0.1) is 12.3 Å². The van der Waals surface area contributed by atoms with Crippen LogP contribution in [-0.2, 0) is 20.8 Å². The van der Waals surface area contributed by atoms with Crippen LogP contribution in [0.3, 0.4) is 0 Å². The fraction of sp³-hybridized carbons (Fsp3) is 0.250. The lowest BCUT2D eigenvalue weighted by Crippen LogP contribution is -2.22. The third-order valence-corrected chi connectivity index (χ3v) is 5.81. The van der Waals surface area contributed by atoms with Crippen molar-refractivity contribution in [1.29, 1.82) is 0 Å². The molecule has 0 saturated carbocycles. The zero-order valence-electron chi connectivity index (χ0n) is 16.6. The molecule has 0 aliphatic rings. The normalized spacial score (nSPS) is 11.2. The fourth-order valence-electron chi connectivity index (χ4n) is 2.72. The molecule has 0 bridgehead atoms. The monoisotopic (exact) mass is 500 g/mol. The van der Waals surface area contributed by atoms with E-state index in [0.717, 1.165) is 5.56 Å². The van der Waals surface area contributed by atoms with E-state index in [1.54, 1.807) is 44.6 Å². The van der Waals surface area contributed by atoms with Gasteiger partial charge in [-0.25, -0.2) is 0 Å². The van der Waals surface area contributed by atoms with Gasteiger partial charge in [0.2, 0.25) is 5.91 Å². The third kappa shape index (κ3) is 6.58. The summed E-state index contributed by atoms with van der Waals surface area (Å²) in [4.78, 5) is 12.4. The van der Waals surface area contributed by atoms with Crippen LogP contribution < -0.4 is 5.32 Å². The average Bonchev–Trinajstić information content (AvgIpc) is 3.12. The van der Waals surface area contributed by atoms with Gasteiger partial charge in [0, 0.05) is 40.5 Å². The van der Waals surface area contributed by atoms with E-state index in [0.29, 0.717) is 38.3 Å². The van der Waals surface area contributed by atoms with Gasteiger partial charge < -0.3 is 14.8 Å². The van der Waals surface area contributed by atoms with Gasteiger partial charge in [0.25, 0.3) is 0 Å². The summed E-state index contributed by atoms with van der Waals surface area (Å²) >= 11 is 19.2. The van der Waals surface area contributed by atoms with Gasteiger partial charge in [0.15, 0.2) is 17.3 Å². The molecule has 1 amide bonds. The van der Waals surface area contributed by atoms with Crippen molar-refractivity contribution < 1.29 is 14.3 Å². The number of carbonyl (C=O) groups is 1. The Morgan fingerprint density at radius 2 is 1.68 bits per heavy atom. The van der Waals surface area contributed by atoms with Crippen LogP contribution in [0.1, 0.15) is 0 Å². The summed E-state index contributed by atoms with van der Waals surface area (Å²) in [6, 6.07) is 12.1. The van der Waals surface area contributed by atoms with Crippen molar-refractivity contribution in [1.82, 2.24) is 14.8 Å². The van der Waals surface area contributed by atoms with Crippen LogP contribution >= 0.6 is 46.6 Å². The highest BCUT2D eigenvalue weighted by Gasteiger charge is 2.19. The molecule has 0 aliphatic heterocycles. The van der Waals surface area contributed by atoms with Crippen LogP contribution in [-0.4, -0.2) is 46.9 Å². The number of nitrogens with one attached hydrogen (secondary N) is 1. The molecule has 2 aromatic carbocycles. The second kappa shape index (κ2) is 11.2. The van der Waals surface area contributed by atoms with E-state index < -0.39 is 6.29 Å². The zero-order valence-corrected chi connectivity index (χ0v) is 19.7. The predicted molar refractivity (Wildman–Crippen MR) is 124 cm³/mol. The molecule has 0 spiro atoms. The Bertz CT molecular complexity index is 1020. The third-order valence-electron chi connectivity index (χ3n) is 4.16. The Morgan fingerprint density at radius 1 is 1.03 bits per heavy atom. The summed E-state index contributed by atoms with van der Waals surface area (Å²) in [5.74, 6) is 0.481. The van der Waals surface area contributed by atoms with Crippen molar-refractivity contribution in [3.8, 4) is 11.4 Å². The van der Waals surface area contributed by atoms with Gasteiger partial charge in [-0.15, -0.1) is 10.2 Å². The first-order chi connectivity index (χ1) is 14.9. The lowest BCUT2D eigenvalue weighted by molar-refractivity contribution is -0.113. The number of ether oxygens (including phenoxy) is 2. The fourth-order valence-corrected chi connectivity index (χ4v) is 4.12. The number of rotatable bonds is 9. The molecule has 0 radical (unpaired) electrons. The maximum atomic E-state index is 12.4. The first-order valence-corrected chi connectivity index (χ1v) is 11.1. The number of methoxy groups -OCH3 is 2. The minimum atomic E-state index is -0.510. The van der Waals surface area contributed by atoms with Crippen LogP contribution in [0, 0.1) is 0 Å². The van der Waals surface area contributed by atoms with E-state index in [1.165, 1.54) is 11.8 Å². The number of hydrogen-bond donors (Lipinski definition) is 1. The van der Waals surface area contributed by atoms with E-state index in [9.17, 15) is 4.79 Å². The van der Waals surface area contributed by atoms with Crippen molar-refractivity contribution in [2.45, 2.75) is 18.0 Å². The minimum Gasteiger partial charge on any atom is -0.354 e.